The summed E-state index contributed by atoms with van der Waals surface area (Å²) >= 11 is 0. The Morgan fingerprint density at radius 1 is 1.38 bits per heavy atom. The van der Waals surface area contributed by atoms with Gasteiger partial charge in [-0.1, -0.05) is 24.3 Å². The molecule has 0 saturated carbocycles. The molecule has 0 radical (unpaired) electrons. The Hall–Kier alpha value is -0.860. The lowest BCUT2D eigenvalue weighted by molar-refractivity contribution is -0.00522. The van der Waals surface area contributed by atoms with E-state index in [1.807, 2.05) is 19.9 Å². The number of aliphatic hydroxyl groups excluding tert-OH is 1. The van der Waals surface area contributed by atoms with E-state index in [9.17, 15) is 5.11 Å². The number of hydrogen-bond acceptors (Lipinski definition) is 2. The van der Waals surface area contributed by atoms with E-state index in [1.54, 1.807) is 0 Å². The number of hydrogen-bond donors (Lipinski definition) is 1. The molecular formula is C14H20O2. The first-order chi connectivity index (χ1) is 7.68. The number of aliphatic hydroxyl groups is 1. The van der Waals surface area contributed by atoms with Crippen molar-refractivity contribution in [3.63, 3.8) is 0 Å². The average molecular weight is 220 g/mol. The summed E-state index contributed by atoms with van der Waals surface area (Å²) in [5.74, 6) is 0.259. The molecule has 0 amide bonds. The standard InChI is InChI=1S/C14H20O2/c1-10(2)16-9-14(15)13-8-7-11-5-3-4-6-12(11)13/h3-6,10,13-15H,7-9H2,1-2H3. The number of benzene rings is 1. The molecule has 88 valence electrons. The maximum atomic E-state index is 10.1. The maximum Gasteiger partial charge on any atom is 0.0842 e. The van der Waals surface area contributed by atoms with Crippen molar-refractivity contribution in [2.75, 3.05) is 6.61 Å². The van der Waals surface area contributed by atoms with Crippen LogP contribution in [0.5, 0.6) is 0 Å². The van der Waals surface area contributed by atoms with Crippen LogP contribution in [0, 0.1) is 0 Å². The molecule has 0 spiro atoms. The lowest BCUT2D eigenvalue weighted by Gasteiger charge is -2.20. The van der Waals surface area contributed by atoms with Crippen LogP contribution in [-0.2, 0) is 11.2 Å². The number of fused-ring (bicyclic) bond motifs is 1. The van der Waals surface area contributed by atoms with E-state index in [1.165, 1.54) is 11.1 Å². The van der Waals surface area contributed by atoms with Crippen molar-refractivity contribution in [1.82, 2.24) is 0 Å². The molecule has 1 aromatic carbocycles. The van der Waals surface area contributed by atoms with Crippen LogP contribution in [0.1, 0.15) is 37.3 Å². The molecule has 0 aliphatic heterocycles. The molecule has 0 fully saturated rings. The van der Waals surface area contributed by atoms with Crippen LogP contribution in [0.4, 0.5) is 0 Å². The van der Waals surface area contributed by atoms with Gasteiger partial charge in [0.05, 0.1) is 18.8 Å². The summed E-state index contributed by atoms with van der Waals surface area (Å²) < 4.78 is 5.48. The highest BCUT2D eigenvalue weighted by atomic mass is 16.5. The van der Waals surface area contributed by atoms with Crippen molar-refractivity contribution < 1.29 is 9.84 Å². The van der Waals surface area contributed by atoms with Crippen LogP contribution in [-0.4, -0.2) is 23.9 Å². The second-order valence-electron chi connectivity index (χ2n) is 4.79. The fourth-order valence-electron chi connectivity index (χ4n) is 2.40. The van der Waals surface area contributed by atoms with Crippen LogP contribution < -0.4 is 0 Å². The molecule has 1 aromatic rings. The van der Waals surface area contributed by atoms with Crippen LogP contribution in [0.25, 0.3) is 0 Å². The summed E-state index contributed by atoms with van der Waals surface area (Å²) in [6, 6.07) is 8.41. The van der Waals surface area contributed by atoms with Crippen molar-refractivity contribution in [3.05, 3.63) is 35.4 Å². The molecule has 0 saturated heterocycles. The zero-order valence-corrected chi connectivity index (χ0v) is 10.0. The molecule has 0 bridgehead atoms. The quantitative estimate of drug-likeness (QED) is 0.844. The Morgan fingerprint density at radius 2 is 2.12 bits per heavy atom. The van der Waals surface area contributed by atoms with Gasteiger partial charge in [-0.15, -0.1) is 0 Å². The van der Waals surface area contributed by atoms with Gasteiger partial charge >= 0.3 is 0 Å². The summed E-state index contributed by atoms with van der Waals surface area (Å²) in [6.07, 6.45) is 1.94. The van der Waals surface area contributed by atoms with Gasteiger partial charge in [0.15, 0.2) is 0 Å². The predicted octanol–water partition coefficient (Wildman–Crippen LogP) is 2.50. The molecule has 2 unspecified atom stereocenters. The van der Waals surface area contributed by atoms with E-state index < -0.39 is 0 Å². The fraction of sp³-hybridized carbons (Fsp3) is 0.571. The highest BCUT2D eigenvalue weighted by Crippen LogP contribution is 2.35. The molecule has 1 N–H and O–H groups in total. The van der Waals surface area contributed by atoms with E-state index in [0.29, 0.717) is 6.61 Å². The summed E-state index contributed by atoms with van der Waals surface area (Å²) in [7, 11) is 0. The largest absolute Gasteiger partial charge is 0.390 e. The minimum absolute atomic E-state index is 0.186. The molecule has 0 aromatic heterocycles. The van der Waals surface area contributed by atoms with Crippen LogP contribution in [0.2, 0.25) is 0 Å². The zero-order chi connectivity index (χ0) is 11.5. The Kier molecular flexibility index (Phi) is 3.62. The van der Waals surface area contributed by atoms with Crippen LogP contribution in [0.15, 0.2) is 24.3 Å². The van der Waals surface area contributed by atoms with Crippen LogP contribution in [0.3, 0.4) is 0 Å². The van der Waals surface area contributed by atoms with Gasteiger partial charge in [0, 0.05) is 5.92 Å². The highest BCUT2D eigenvalue weighted by Gasteiger charge is 2.28. The second-order valence-corrected chi connectivity index (χ2v) is 4.79. The minimum atomic E-state index is -0.369. The molecule has 2 nitrogen and oxygen atoms in total. The van der Waals surface area contributed by atoms with Crippen molar-refractivity contribution in [2.45, 2.75) is 44.8 Å². The maximum absolute atomic E-state index is 10.1. The van der Waals surface area contributed by atoms with Gasteiger partial charge in [0.25, 0.3) is 0 Å². The average Bonchev–Trinajstić information content (AvgIpc) is 2.69. The van der Waals surface area contributed by atoms with Crippen LogP contribution >= 0.6 is 0 Å². The van der Waals surface area contributed by atoms with Gasteiger partial charge in [-0.25, -0.2) is 0 Å². The zero-order valence-electron chi connectivity index (χ0n) is 10.0. The molecule has 1 aliphatic carbocycles. The number of ether oxygens (including phenoxy) is 1. The lowest BCUT2D eigenvalue weighted by Crippen LogP contribution is -2.24. The second kappa shape index (κ2) is 4.98. The van der Waals surface area contributed by atoms with E-state index in [2.05, 4.69) is 18.2 Å². The number of rotatable bonds is 4. The lowest BCUT2D eigenvalue weighted by atomic mass is 9.96. The third-order valence-corrected chi connectivity index (χ3v) is 3.24. The molecule has 16 heavy (non-hydrogen) atoms. The minimum Gasteiger partial charge on any atom is -0.390 e. The number of aryl methyl sites for hydroxylation is 1. The topological polar surface area (TPSA) is 29.5 Å². The summed E-state index contributed by atoms with van der Waals surface area (Å²) in [6.45, 7) is 4.43. The van der Waals surface area contributed by atoms with E-state index in [4.69, 9.17) is 4.74 Å². The van der Waals surface area contributed by atoms with E-state index in [0.717, 1.165) is 12.8 Å². The monoisotopic (exact) mass is 220 g/mol. The van der Waals surface area contributed by atoms with Crippen molar-refractivity contribution in [3.8, 4) is 0 Å². The van der Waals surface area contributed by atoms with Crippen molar-refractivity contribution in [1.29, 1.82) is 0 Å². The first-order valence-electron chi connectivity index (χ1n) is 6.06. The Bertz CT molecular complexity index is 346. The van der Waals surface area contributed by atoms with Gasteiger partial charge in [-0.2, -0.15) is 0 Å². The van der Waals surface area contributed by atoms with Crippen molar-refractivity contribution in [2.24, 2.45) is 0 Å². The van der Waals surface area contributed by atoms with Gasteiger partial charge in [0.2, 0.25) is 0 Å². The van der Waals surface area contributed by atoms with E-state index >= 15 is 0 Å². The smallest absolute Gasteiger partial charge is 0.0842 e. The molecule has 1 aliphatic rings. The Balaban J connectivity index is 2.01. The summed E-state index contributed by atoms with van der Waals surface area (Å²) in [5.41, 5.74) is 2.69. The molecule has 2 atom stereocenters. The predicted molar refractivity (Wildman–Crippen MR) is 64.6 cm³/mol. The molecule has 2 rings (SSSR count). The third-order valence-electron chi connectivity index (χ3n) is 3.24. The summed E-state index contributed by atoms with van der Waals surface area (Å²) in [5, 5.41) is 10.1. The van der Waals surface area contributed by atoms with Gasteiger partial charge in [0.1, 0.15) is 0 Å². The summed E-state index contributed by atoms with van der Waals surface area (Å²) in [4.78, 5) is 0. The first kappa shape index (κ1) is 11.6. The molecular weight excluding hydrogens is 200 g/mol. The van der Waals surface area contributed by atoms with E-state index in [-0.39, 0.29) is 18.1 Å². The SMILES string of the molecule is CC(C)OCC(O)C1CCc2ccccc21. The fourth-order valence-corrected chi connectivity index (χ4v) is 2.40. The normalized spacial score (nSPS) is 21.1. The Morgan fingerprint density at radius 3 is 2.88 bits per heavy atom. The van der Waals surface area contributed by atoms with Gasteiger partial charge < -0.3 is 9.84 Å². The highest BCUT2D eigenvalue weighted by molar-refractivity contribution is 5.35. The molecule has 2 heteroatoms. The van der Waals surface area contributed by atoms with Crippen molar-refractivity contribution >= 4 is 0 Å². The van der Waals surface area contributed by atoms with Gasteiger partial charge in [-0.05, 0) is 37.8 Å². The third kappa shape index (κ3) is 2.45. The first-order valence-corrected chi connectivity index (χ1v) is 6.06. The Labute approximate surface area is 97.3 Å². The van der Waals surface area contributed by atoms with Gasteiger partial charge in [-0.3, -0.25) is 0 Å². The molecule has 0 heterocycles.